The Balaban J connectivity index is -0.000000392. The Morgan fingerprint density at radius 3 is 0.792 bits per heavy atom. The smallest absolute Gasteiger partial charge is 0.159 e. The van der Waals surface area contributed by atoms with Crippen LogP contribution in [-0.2, 0) is 95.9 Å². The van der Waals surface area contributed by atoms with E-state index in [0.29, 0.717) is 0 Å². The van der Waals surface area contributed by atoms with Crippen LogP contribution >= 0.6 is 0 Å². The molecule has 0 aliphatic heterocycles. The third-order valence-electron chi connectivity index (χ3n) is 8.84. The normalized spacial score (nSPS) is 8.53. The first kappa shape index (κ1) is 73.8. The van der Waals surface area contributed by atoms with Gasteiger partial charge in [0.05, 0.1) is 0 Å². The van der Waals surface area contributed by atoms with Gasteiger partial charge in [-0.05, 0) is 75.6 Å². The fraction of sp³-hybridized carbons (Fsp3) is 0.265. The van der Waals surface area contributed by atoms with Crippen LogP contribution in [-0.4, -0.2) is 11.6 Å². The van der Waals surface area contributed by atoms with Crippen LogP contribution in [0.5, 0.6) is 0 Å². The second-order valence-corrected chi connectivity index (χ2v) is 14.4. The Morgan fingerprint density at radius 1 is 0.319 bits per heavy atom. The maximum absolute atomic E-state index is 11.1. The van der Waals surface area contributed by atoms with E-state index >= 15 is 0 Å². The zero-order valence-corrected chi connectivity index (χ0v) is 52.1. The molecule has 378 valence electrons. The van der Waals surface area contributed by atoms with Gasteiger partial charge in [-0.25, -0.2) is 0 Å². The van der Waals surface area contributed by atoms with Gasteiger partial charge in [0.15, 0.2) is 5.78 Å². The van der Waals surface area contributed by atoms with Gasteiger partial charge in [0.1, 0.15) is 5.78 Å². The van der Waals surface area contributed by atoms with E-state index in [9.17, 15) is 9.59 Å². The minimum Gasteiger partial charge on any atom is -0.300 e. The predicted octanol–water partition coefficient (Wildman–Crippen LogP) is 18.5. The van der Waals surface area contributed by atoms with Gasteiger partial charge in [-0.15, -0.1) is 0 Å². The minimum absolute atomic E-state index is 0. The average Bonchev–Trinajstić information content (AvgIpc) is 3.42. The molecule has 4 heteroatoms. The number of hydrogen-bond donors (Lipinski definition) is 0. The zero-order valence-electron chi connectivity index (χ0n) is 46.4. The molecular weight excluding hydrogens is 1030 g/mol. The van der Waals surface area contributed by atoms with Gasteiger partial charge >= 0.3 is 0 Å². The van der Waals surface area contributed by atoms with Gasteiger partial charge in [-0.1, -0.05) is 184 Å². The molecule has 0 saturated carbocycles. The fourth-order valence-electron chi connectivity index (χ4n) is 5.80. The maximum atomic E-state index is 11.1. The number of benzene rings is 8. The van der Waals surface area contributed by atoms with Gasteiger partial charge in [-0.3, -0.25) is 4.79 Å². The molecule has 0 spiro atoms. The van der Waals surface area contributed by atoms with Gasteiger partial charge in [0.2, 0.25) is 0 Å². The summed E-state index contributed by atoms with van der Waals surface area (Å²) in [5.74, 6) is 0.284. The molecule has 0 N–H and O–H groups in total. The molecule has 0 amide bonds. The standard InChI is InChI=1S/C15H14O.C14H14.2C13H10.C3H6O.5C2H6.2Y/c1-12(16)15-9-7-14(8-10-15)11-13-5-3-2-4-6-13;1-12-7-9-14(10-8-12)11-13-5-3-2-4-6-13;2*1-3-7-12(8-4-1)11-13-9-5-2-6-10-13;1-3(2)4;5*1-2;;/h2-10H,11H2,1H3;2-10H,11H2,1H3;2*1-7,9H,11H2;1-2H3;5*1-2H3;;/q;;2*-2;;;;;;;;. The molecule has 0 atom stereocenters. The molecule has 0 heterocycles. The van der Waals surface area contributed by atoms with E-state index in [-0.39, 0.29) is 77.0 Å². The van der Waals surface area contributed by atoms with Crippen molar-refractivity contribution in [2.75, 3.05) is 0 Å². The molecule has 2 nitrogen and oxygen atoms in total. The first-order valence-electron chi connectivity index (χ1n) is 25.3. The first-order chi connectivity index (χ1) is 34.2. The van der Waals surface area contributed by atoms with Crippen molar-refractivity contribution in [2.45, 2.75) is 123 Å². The Labute approximate surface area is 490 Å². The van der Waals surface area contributed by atoms with E-state index in [1.807, 2.05) is 184 Å². The third kappa shape index (κ3) is 38.9. The van der Waals surface area contributed by atoms with E-state index in [1.54, 1.807) is 6.92 Å². The van der Waals surface area contributed by atoms with E-state index in [4.69, 9.17) is 0 Å². The number of rotatable bonds is 9. The Bertz CT molecular complexity index is 2180. The number of hydrogen-bond acceptors (Lipinski definition) is 2. The molecule has 0 aliphatic rings. The molecule has 0 saturated heterocycles. The molecule has 0 fully saturated rings. The summed E-state index contributed by atoms with van der Waals surface area (Å²) in [4.78, 5) is 20.6. The predicted molar refractivity (Wildman–Crippen MR) is 306 cm³/mol. The van der Waals surface area contributed by atoms with Crippen molar-refractivity contribution in [2.24, 2.45) is 0 Å². The Hall–Kier alpha value is -4.69. The topological polar surface area (TPSA) is 34.1 Å². The largest absolute Gasteiger partial charge is 0.300 e. The Morgan fingerprint density at radius 2 is 0.556 bits per heavy atom. The van der Waals surface area contributed by atoms with E-state index in [1.165, 1.54) is 63.9 Å². The Kier molecular flexibility index (Phi) is 54.0. The summed E-state index contributed by atoms with van der Waals surface area (Å²) >= 11 is 0. The van der Waals surface area contributed by atoms with Crippen molar-refractivity contribution >= 4 is 11.6 Å². The van der Waals surface area contributed by atoms with Gasteiger partial charge < -0.3 is 4.79 Å². The second kappa shape index (κ2) is 52.6. The van der Waals surface area contributed by atoms with Crippen molar-refractivity contribution in [3.63, 3.8) is 0 Å². The third-order valence-corrected chi connectivity index (χ3v) is 8.84. The van der Waals surface area contributed by atoms with Crippen molar-refractivity contribution in [1.82, 2.24) is 0 Å². The van der Waals surface area contributed by atoms with Crippen molar-refractivity contribution in [3.8, 4) is 0 Å². The summed E-state index contributed by atoms with van der Waals surface area (Å²) in [5.41, 5.74) is 12.2. The number of aryl methyl sites for hydroxylation is 1. The van der Waals surface area contributed by atoms with Gasteiger partial charge in [0, 0.05) is 71.0 Å². The molecule has 8 aromatic carbocycles. The fourth-order valence-corrected chi connectivity index (χ4v) is 5.80. The molecule has 8 aromatic rings. The second-order valence-electron chi connectivity index (χ2n) is 14.4. The van der Waals surface area contributed by atoms with Crippen molar-refractivity contribution < 1.29 is 75.0 Å². The van der Waals surface area contributed by atoms with Crippen molar-refractivity contribution in [3.05, 3.63) is 286 Å². The molecular formula is C68H84O2Y2-4. The molecule has 0 bridgehead atoms. The van der Waals surface area contributed by atoms with Crippen LogP contribution in [0.2, 0.25) is 0 Å². The molecule has 8 rings (SSSR count). The molecule has 0 aromatic heterocycles. The quantitative estimate of drug-likeness (QED) is 0.107. The average molecular weight is 1110 g/mol. The van der Waals surface area contributed by atoms with E-state index < -0.39 is 0 Å². The molecule has 0 aliphatic carbocycles. The summed E-state index contributed by atoms with van der Waals surface area (Å²) < 4.78 is 0. The summed E-state index contributed by atoms with van der Waals surface area (Å²) in [6.07, 6.45) is 3.78. The van der Waals surface area contributed by atoms with Gasteiger partial charge in [0.25, 0.3) is 0 Å². The number of ketones is 2. The van der Waals surface area contributed by atoms with Crippen LogP contribution in [0.3, 0.4) is 0 Å². The van der Waals surface area contributed by atoms with E-state index in [2.05, 4.69) is 122 Å². The monoisotopic (exact) mass is 1110 g/mol. The van der Waals surface area contributed by atoms with Crippen LogP contribution in [0.25, 0.3) is 0 Å². The van der Waals surface area contributed by atoms with Crippen molar-refractivity contribution in [1.29, 1.82) is 0 Å². The van der Waals surface area contributed by atoms with Crippen LogP contribution in [0.1, 0.15) is 150 Å². The van der Waals surface area contributed by atoms with Gasteiger partial charge in [-0.2, -0.15) is 144 Å². The SMILES string of the molecule is CC.CC.CC.CC.CC.CC(=O)c1ccc(Cc2ccccc2)cc1.CC(C)=O.Cc1ccc(Cc2ccccc2)cc1.[Y].[Y].[c-]1ccccc1Cc1[c-]cccc1.[c-]1ccccc1Cc1[c-]cccc1. The summed E-state index contributed by atoms with van der Waals surface area (Å²) in [5, 5.41) is 0. The number of carbonyl (C=O) groups is 2. The molecule has 0 unspecified atom stereocenters. The van der Waals surface area contributed by atoms with E-state index in [0.717, 1.165) is 31.2 Å². The van der Waals surface area contributed by atoms with Crippen LogP contribution in [0, 0.1) is 31.2 Å². The summed E-state index contributed by atoms with van der Waals surface area (Å²) in [7, 11) is 0. The summed E-state index contributed by atoms with van der Waals surface area (Å²) in [6.45, 7) is 26.8. The first-order valence-corrected chi connectivity index (χ1v) is 25.3. The van der Waals surface area contributed by atoms with Crippen LogP contribution < -0.4 is 0 Å². The molecule has 2 radical (unpaired) electrons. The molecule has 72 heavy (non-hydrogen) atoms. The maximum Gasteiger partial charge on any atom is 0.159 e. The zero-order chi connectivity index (χ0) is 52.6. The number of carbonyl (C=O) groups excluding carboxylic acids is 2. The summed E-state index contributed by atoms with van der Waals surface area (Å²) in [6, 6.07) is 82.4. The number of Topliss-reactive ketones (excluding diaryl/α,β-unsaturated/α-hetero) is 2. The van der Waals surface area contributed by atoms with Crippen LogP contribution in [0.15, 0.2) is 206 Å². The minimum atomic E-state index is 0. The van der Waals surface area contributed by atoms with Crippen LogP contribution in [0.4, 0.5) is 0 Å².